The number of nitrogens with one attached hydrogen (secondary N) is 1. The molecule has 0 aliphatic rings. The van der Waals surface area contributed by atoms with E-state index in [2.05, 4.69) is 20.5 Å². The van der Waals surface area contributed by atoms with E-state index in [-0.39, 0.29) is 22.1 Å². The molecule has 0 aliphatic heterocycles. The van der Waals surface area contributed by atoms with Gasteiger partial charge in [0.05, 0.1) is 27.7 Å². The highest BCUT2D eigenvalue weighted by molar-refractivity contribution is 6.32. The van der Waals surface area contributed by atoms with Crippen LogP contribution in [0.4, 0.5) is 19.0 Å². The molecule has 0 aliphatic carbocycles. The van der Waals surface area contributed by atoms with Gasteiger partial charge in [-0.25, -0.2) is 14.2 Å². The molecule has 1 N–H and O–H groups in total. The van der Waals surface area contributed by atoms with Crippen LogP contribution in [0.3, 0.4) is 0 Å². The van der Waals surface area contributed by atoms with Crippen LogP contribution in [0.2, 0.25) is 5.02 Å². The zero-order valence-corrected chi connectivity index (χ0v) is 16.5. The number of carbonyl (C=O) groups excluding carboxylic acids is 1. The second kappa shape index (κ2) is 7.13. The lowest BCUT2D eigenvalue weighted by Crippen LogP contribution is -2.16. The van der Waals surface area contributed by atoms with Gasteiger partial charge in [0, 0.05) is 18.5 Å². The molecule has 3 heterocycles. The molecule has 1 amide bonds. The fraction of sp³-hybridized carbons (Fsp3) is 0.158. The largest absolute Gasteiger partial charge is 0.416 e. The van der Waals surface area contributed by atoms with E-state index in [9.17, 15) is 18.0 Å². The minimum atomic E-state index is -4.55. The molecule has 3 aromatic heterocycles. The summed E-state index contributed by atoms with van der Waals surface area (Å²) in [6.45, 7) is 3.31. The van der Waals surface area contributed by atoms with E-state index in [0.29, 0.717) is 17.0 Å². The van der Waals surface area contributed by atoms with E-state index >= 15 is 0 Å². The van der Waals surface area contributed by atoms with Gasteiger partial charge in [0.25, 0.3) is 5.91 Å². The number of hydrogen-bond donors (Lipinski definition) is 1. The van der Waals surface area contributed by atoms with Gasteiger partial charge in [-0.1, -0.05) is 11.6 Å². The van der Waals surface area contributed by atoms with Gasteiger partial charge >= 0.3 is 6.18 Å². The lowest BCUT2D eigenvalue weighted by atomic mass is 10.2. The first kappa shape index (κ1) is 19.9. The minimum Gasteiger partial charge on any atom is -0.306 e. The van der Waals surface area contributed by atoms with Gasteiger partial charge in [0.15, 0.2) is 5.65 Å². The number of aromatic nitrogens is 5. The Labute approximate surface area is 173 Å². The molecular formula is C19H14ClF3N6O. The molecule has 4 aromatic rings. The first-order valence-corrected chi connectivity index (χ1v) is 9.08. The van der Waals surface area contributed by atoms with E-state index in [4.69, 9.17) is 11.6 Å². The Morgan fingerprint density at radius 2 is 1.93 bits per heavy atom. The third-order valence-corrected chi connectivity index (χ3v) is 4.69. The maximum Gasteiger partial charge on any atom is 0.416 e. The van der Waals surface area contributed by atoms with Crippen molar-refractivity contribution < 1.29 is 18.0 Å². The third kappa shape index (κ3) is 3.50. The van der Waals surface area contributed by atoms with E-state index < -0.39 is 17.6 Å². The second-order valence-electron chi connectivity index (χ2n) is 6.55. The fourth-order valence-electron chi connectivity index (χ4n) is 3.06. The fourth-order valence-corrected chi connectivity index (χ4v) is 3.26. The molecule has 0 radical (unpaired) electrons. The highest BCUT2D eigenvalue weighted by Gasteiger charge is 2.31. The van der Waals surface area contributed by atoms with E-state index in [1.807, 2.05) is 0 Å². The van der Waals surface area contributed by atoms with Crippen LogP contribution in [0.25, 0.3) is 11.3 Å². The molecule has 0 spiro atoms. The highest BCUT2D eigenvalue weighted by Crippen LogP contribution is 2.34. The molecule has 154 valence electrons. The van der Waals surface area contributed by atoms with Crippen LogP contribution in [0.15, 0.2) is 42.7 Å². The zero-order valence-electron chi connectivity index (χ0n) is 15.7. The number of fused-ring (bicyclic) bond motifs is 1. The van der Waals surface area contributed by atoms with Crippen molar-refractivity contribution >= 4 is 29.0 Å². The molecule has 7 nitrogen and oxygen atoms in total. The van der Waals surface area contributed by atoms with Crippen LogP contribution < -0.4 is 5.32 Å². The first-order valence-electron chi connectivity index (χ1n) is 8.70. The Morgan fingerprint density at radius 1 is 1.17 bits per heavy atom. The number of carbonyl (C=O) groups is 1. The van der Waals surface area contributed by atoms with Crippen LogP contribution in [0.1, 0.15) is 27.3 Å². The maximum absolute atomic E-state index is 13.2. The van der Waals surface area contributed by atoms with E-state index in [1.165, 1.54) is 21.5 Å². The van der Waals surface area contributed by atoms with Gasteiger partial charge in [0.2, 0.25) is 0 Å². The van der Waals surface area contributed by atoms with Gasteiger partial charge in [-0.15, -0.1) is 0 Å². The standard InChI is InChI=1S/C19H14ClF3N6O/c1-10-8-15(25-18(30)16-11(2)27-28-7-3-6-24-17(16)28)29(26-10)14-9-12(19(21,22)23)4-5-13(14)20/h3-9H,1-2H3,(H,25,30). The van der Waals surface area contributed by atoms with Gasteiger partial charge in [-0.3, -0.25) is 4.79 Å². The molecular weight excluding hydrogens is 421 g/mol. The smallest absolute Gasteiger partial charge is 0.306 e. The van der Waals surface area contributed by atoms with Crippen molar-refractivity contribution in [1.82, 2.24) is 24.4 Å². The third-order valence-electron chi connectivity index (χ3n) is 4.37. The van der Waals surface area contributed by atoms with Crippen molar-refractivity contribution in [2.24, 2.45) is 0 Å². The lowest BCUT2D eigenvalue weighted by molar-refractivity contribution is -0.137. The SMILES string of the molecule is Cc1cc(NC(=O)c2c(C)nn3cccnc23)n(-c2cc(C(F)(F)F)ccc2Cl)n1. The molecule has 11 heteroatoms. The van der Waals surface area contributed by atoms with Crippen molar-refractivity contribution in [2.75, 3.05) is 5.32 Å². The Balaban J connectivity index is 1.76. The number of amides is 1. The quantitative estimate of drug-likeness (QED) is 0.516. The summed E-state index contributed by atoms with van der Waals surface area (Å²) in [6, 6.07) is 6.11. The van der Waals surface area contributed by atoms with Gasteiger partial charge in [0.1, 0.15) is 11.4 Å². The van der Waals surface area contributed by atoms with Gasteiger partial charge in [-0.2, -0.15) is 23.4 Å². The minimum absolute atomic E-state index is 0.00963. The summed E-state index contributed by atoms with van der Waals surface area (Å²) in [6.07, 6.45) is -1.36. The Morgan fingerprint density at radius 3 is 2.67 bits per heavy atom. The van der Waals surface area contributed by atoms with Crippen LogP contribution in [0.5, 0.6) is 0 Å². The number of aryl methyl sites for hydroxylation is 2. The van der Waals surface area contributed by atoms with Gasteiger partial charge < -0.3 is 5.32 Å². The van der Waals surface area contributed by atoms with Crippen molar-refractivity contribution in [3.8, 4) is 5.69 Å². The summed E-state index contributed by atoms with van der Waals surface area (Å²) >= 11 is 6.14. The predicted molar refractivity (Wildman–Crippen MR) is 104 cm³/mol. The molecule has 30 heavy (non-hydrogen) atoms. The molecule has 1 aromatic carbocycles. The lowest BCUT2D eigenvalue weighted by Gasteiger charge is -2.13. The number of anilines is 1. The molecule has 0 saturated heterocycles. The molecule has 0 bridgehead atoms. The van der Waals surface area contributed by atoms with Crippen molar-refractivity contribution in [2.45, 2.75) is 20.0 Å². The highest BCUT2D eigenvalue weighted by atomic mass is 35.5. The predicted octanol–water partition coefficient (Wildman–Crippen LogP) is 4.46. The number of nitrogens with zero attached hydrogens (tertiary/aromatic N) is 5. The molecule has 0 fully saturated rings. The van der Waals surface area contributed by atoms with Crippen molar-refractivity contribution in [3.63, 3.8) is 0 Å². The van der Waals surface area contributed by atoms with Crippen molar-refractivity contribution in [1.29, 1.82) is 0 Å². The number of rotatable bonds is 3. The average molecular weight is 435 g/mol. The Kier molecular flexibility index (Phi) is 4.73. The molecule has 0 atom stereocenters. The van der Waals surface area contributed by atoms with E-state index in [1.54, 1.807) is 26.1 Å². The van der Waals surface area contributed by atoms with Crippen molar-refractivity contribution in [3.05, 3.63) is 70.3 Å². The first-order chi connectivity index (χ1) is 14.1. The second-order valence-corrected chi connectivity index (χ2v) is 6.96. The van der Waals surface area contributed by atoms with E-state index in [0.717, 1.165) is 18.2 Å². The number of halogens is 4. The van der Waals surface area contributed by atoms with Crippen LogP contribution in [-0.2, 0) is 6.18 Å². The summed E-state index contributed by atoms with van der Waals surface area (Å²) in [5.74, 6) is -0.362. The Bertz CT molecular complexity index is 1280. The summed E-state index contributed by atoms with van der Waals surface area (Å²) in [5.41, 5.74) is 0.641. The number of alkyl halides is 3. The maximum atomic E-state index is 13.2. The molecule has 4 rings (SSSR count). The number of hydrogen-bond acceptors (Lipinski definition) is 4. The Hall–Kier alpha value is -3.40. The van der Waals surface area contributed by atoms with Crippen LogP contribution in [-0.4, -0.2) is 30.3 Å². The molecule has 0 unspecified atom stereocenters. The average Bonchev–Trinajstić information content (AvgIpc) is 3.19. The molecule has 0 saturated carbocycles. The summed E-state index contributed by atoms with van der Waals surface area (Å²) in [4.78, 5) is 17.1. The summed E-state index contributed by atoms with van der Waals surface area (Å²) in [5, 5.41) is 11.2. The van der Waals surface area contributed by atoms with Crippen LogP contribution in [0, 0.1) is 13.8 Å². The normalized spacial score (nSPS) is 11.8. The van der Waals surface area contributed by atoms with Gasteiger partial charge in [-0.05, 0) is 38.1 Å². The summed E-state index contributed by atoms with van der Waals surface area (Å²) < 4.78 is 42.1. The zero-order chi connectivity index (χ0) is 21.6. The summed E-state index contributed by atoms with van der Waals surface area (Å²) in [7, 11) is 0. The van der Waals surface area contributed by atoms with Crippen LogP contribution >= 0.6 is 11.6 Å². The monoisotopic (exact) mass is 434 g/mol. The topological polar surface area (TPSA) is 77.1 Å². The number of benzene rings is 1.